The van der Waals surface area contributed by atoms with Crippen molar-refractivity contribution in [3.63, 3.8) is 0 Å². The first-order chi connectivity index (χ1) is 14.2. The molecule has 0 N–H and O–H groups in total. The fourth-order valence-electron chi connectivity index (χ4n) is 3.64. The number of methoxy groups -OCH3 is 1. The quantitative estimate of drug-likeness (QED) is 0.665. The van der Waals surface area contributed by atoms with Gasteiger partial charge in [0.15, 0.2) is 0 Å². The van der Waals surface area contributed by atoms with Crippen LogP contribution in [0.2, 0.25) is 0 Å². The molecule has 2 aromatic carbocycles. The first-order valence-corrected chi connectivity index (χ1v) is 9.88. The number of ether oxygens (including phenoxy) is 1. The van der Waals surface area contributed by atoms with Crippen molar-refractivity contribution in [3.8, 4) is 17.0 Å². The molecule has 0 amide bonds. The van der Waals surface area contributed by atoms with Gasteiger partial charge in [-0.15, -0.1) is 0 Å². The Morgan fingerprint density at radius 1 is 0.862 bits per heavy atom. The van der Waals surface area contributed by atoms with Gasteiger partial charge >= 0.3 is 0 Å². The summed E-state index contributed by atoms with van der Waals surface area (Å²) in [5, 5.41) is 0. The molecule has 6 nitrogen and oxygen atoms in total. The van der Waals surface area contributed by atoms with E-state index in [9.17, 15) is 0 Å². The Hall–Kier alpha value is -3.28. The highest BCUT2D eigenvalue weighted by molar-refractivity contribution is 5.64. The van der Waals surface area contributed by atoms with Crippen molar-refractivity contribution in [2.24, 2.45) is 0 Å². The molecule has 3 aromatic rings. The molecule has 150 valence electrons. The number of piperazine rings is 1. The largest absolute Gasteiger partial charge is 0.495 e. The van der Waals surface area contributed by atoms with Crippen molar-refractivity contribution in [3.05, 3.63) is 60.9 Å². The van der Waals surface area contributed by atoms with E-state index in [-0.39, 0.29) is 0 Å². The van der Waals surface area contributed by atoms with E-state index in [0.29, 0.717) is 0 Å². The van der Waals surface area contributed by atoms with Gasteiger partial charge in [0.1, 0.15) is 11.6 Å². The van der Waals surface area contributed by atoms with Crippen LogP contribution in [0.15, 0.2) is 60.9 Å². The second-order valence-corrected chi connectivity index (χ2v) is 7.35. The van der Waals surface area contributed by atoms with E-state index < -0.39 is 0 Å². The van der Waals surface area contributed by atoms with Gasteiger partial charge in [0.2, 0.25) is 0 Å². The van der Waals surface area contributed by atoms with Crippen LogP contribution in [0, 0.1) is 0 Å². The molecule has 0 spiro atoms. The molecule has 6 heteroatoms. The van der Waals surface area contributed by atoms with Gasteiger partial charge in [-0.1, -0.05) is 24.3 Å². The highest BCUT2D eigenvalue weighted by Gasteiger charge is 2.21. The summed E-state index contributed by atoms with van der Waals surface area (Å²) in [4.78, 5) is 16.1. The predicted molar refractivity (Wildman–Crippen MR) is 119 cm³/mol. The zero-order valence-corrected chi connectivity index (χ0v) is 17.2. The van der Waals surface area contributed by atoms with Gasteiger partial charge in [0.25, 0.3) is 0 Å². The number of aromatic nitrogens is 2. The molecule has 1 aromatic heterocycles. The fourth-order valence-corrected chi connectivity index (χ4v) is 3.64. The van der Waals surface area contributed by atoms with Crippen molar-refractivity contribution >= 4 is 17.2 Å². The van der Waals surface area contributed by atoms with Gasteiger partial charge < -0.3 is 19.4 Å². The zero-order valence-electron chi connectivity index (χ0n) is 17.2. The Kier molecular flexibility index (Phi) is 5.51. The number of benzene rings is 2. The van der Waals surface area contributed by atoms with Crippen molar-refractivity contribution in [2.75, 3.05) is 62.1 Å². The third-order valence-electron chi connectivity index (χ3n) is 5.33. The third kappa shape index (κ3) is 4.11. The summed E-state index contributed by atoms with van der Waals surface area (Å²) in [6.07, 6.45) is 3.69. The van der Waals surface area contributed by atoms with E-state index >= 15 is 0 Å². The number of anilines is 3. The van der Waals surface area contributed by atoms with Crippen LogP contribution in [-0.4, -0.2) is 57.4 Å². The first kappa shape index (κ1) is 19.1. The Labute approximate surface area is 172 Å². The van der Waals surface area contributed by atoms with E-state index in [1.807, 2.05) is 38.6 Å². The standard InChI is InChI=1S/C23H27N5O/c1-26(2)19-10-8-18(9-11-19)20-16-24-17-23(25-20)28-14-12-27(13-15-28)21-6-4-5-7-22(21)29-3/h4-11,16-17H,12-15H2,1-3H3. The van der Waals surface area contributed by atoms with Crippen molar-refractivity contribution in [1.29, 1.82) is 0 Å². The lowest BCUT2D eigenvalue weighted by atomic mass is 10.1. The van der Waals surface area contributed by atoms with Gasteiger partial charge in [-0.3, -0.25) is 4.98 Å². The van der Waals surface area contributed by atoms with Crippen molar-refractivity contribution < 1.29 is 4.74 Å². The SMILES string of the molecule is COc1ccccc1N1CCN(c2cncc(-c3ccc(N(C)C)cc3)n2)CC1. The van der Waals surface area contributed by atoms with Gasteiger partial charge in [-0.25, -0.2) is 4.98 Å². The molecule has 1 aliphatic heterocycles. The van der Waals surface area contributed by atoms with Gasteiger partial charge in [-0.2, -0.15) is 0 Å². The summed E-state index contributed by atoms with van der Waals surface area (Å²) in [5.41, 5.74) is 4.30. The number of para-hydroxylation sites is 2. The molecule has 0 radical (unpaired) electrons. The summed E-state index contributed by atoms with van der Waals surface area (Å²) in [6, 6.07) is 16.6. The lowest BCUT2D eigenvalue weighted by Crippen LogP contribution is -2.47. The number of hydrogen-bond donors (Lipinski definition) is 0. The third-order valence-corrected chi connectivity index (χ3v) is 5.33. The molecule has 29 heavy (non-hydrogen) atoms. The Morgan fingerprint density at radius 2 is 1.55 bits per heavy atom. The monoisotopic (exact) mass is 389 g/mol. The molecule has 0 bridgehead atoms. The maximum atomic E-state index is 5.52. The summed E-state index contributed by atoms with van der Waals surface area (Å²) in [7, 11) is 5.81. The van der Waals surface area contributed by atoms with Crippen LogP contribution >= 0.6 is 0 Å². The summed E-state index contributed by atoms with van der Waals surface area (Å²) < 4.78 is 5.52. The molecule has 0 atom stereocenters. The van der Waals surface area contributed by atoms with Gasteiger partial charge in [0, 0.05) is 51.5 Å². The number of rotatable bonds is 5. The average molecular weight is 390 g/mol. The molecule has 0 aliphatic carbocycles. The predicted octanol–water partition coefficient (Wildman–Crippen LogP) is 3.54. The Morgan fingerprint density at radius 3 is 2.24 bits per heavy atom. The second-order valence-electron chi connectivity index (χ2n) is 7.35. The second kappa shape index (κ2) is 8.39. The zero-order chi connectivity index (χ0) is 20.2. The molecule has 1 fully saturated rings. The van der Waals surface area contributed by atoms with Crippen LogP contribution in [0.1, 0.15) is 0 Å². The van der Waals surface area contributed by atoms with Gasteiger partial charge in [0.05, 0.1) is 30.9 Å². The topological polar surface area (TPSA) is 44.7 Å². The molecule has 2 heterocycles. The van der Waals surface area contributed by atoms with Crippen molar-refractivity contribution in [2.45, 2.75) is 0 Å². The highest BCUT2D eigenvalue weighted by atomic mass is 16.5. The molecule has 1 saturated heterocycles. The van der Waals surface area contributed by atoms with Gasteiger partial charge in [-0.05, 0) is 24.3 Å². The van der Waals surface area contributed by atoms with Crippen LogP contribution in [-0.2, 0) is 0 Å². The van der Waals surface area contributed by atoms with E-state index in [1.165, 1.54) is 5.69 Å². The minimum absolute atomic E-state index is 0.899. The van der Waals surface area contributed by atoms with E-state index in [0.717, 1.165) is 54.7 Å². The minimum atomic E-state index is 0.899. The first-order valence-electron chi connectivity index (χ1n) is 9.88. The molecule has 0 unspecified atom stereocenters. The highest BCUT2D eigenvalue weighted by Crippen LogP contribution is 2.29. The smallest absolute Gasteiger partial charge is 0.147 e. The normalized spacial score (nSPS) is 14.0. The van der Waals surface area contributed by atoms with Crippen LogP contribution in [0.3, 0.4) is 0 Å². The molecule has 4 rings (SSSR count). The fraction of sp³-hybridized carbons (Fsp3) is 0.304. The maximum Gasteiger partial charge on any atom is 0.147 e. The number of hydrogen-bond acceptors (Lipinski definition) is 6. The van der Waals surface area contributed by atoms with Crippen LogP contribution < -0.4 is 19.4 Å². The van der Waals surface area contributed by atoms with E-state index in [4.69, 9.17) is 9.72 Å². The summed E-state index contributed by atoms with van der Waals surface area (Å²) in [5.74, 6) is 1.85. The van der Waals surface area contributed by atoms with Crippen molar-refractivity contribution in [1.82, 2.24) is 9.97 Å². The minimum Gasteiger partial charge on any atom is -0.495 e. The lowest BCUT2D eigenvalue weighted by molar-refractivity contribution is 0.413. The summed E-state index contributed by atoms with van der Waals surface area (Å²) >= 11 is 0. The van der Waals surface area contributed by atoms with E-state index in [1.54, 1.807) is 7.11 Å². The maximum absolute atomic E-state index is 5.52. The lowest BCUT2D eigenvalue weighted by Gasteiger charge is -2.37. The molecular weight excluding hydrogens is 362 g/mol. The van der Waals surface area contributed by atoms with Crippen LogP contribution in [0.25, 0.3) is 11.3 Å². The van der Waals surface area contributed by atoms with Crippen LogP contribution in [0.5, 0.6) is 5.75 Å². The Bertz CT molecular complexity index is 949. The summed E-state index contributed by atoms with van der Waals surface area (Å²) in [6.45, 7) is 3.64. The molecular formula is C23H27N5O. The number of nitrogens with zero attached hydrogens (tertiary/aromatic N) is 5. The average Bonchev–Trinajstić information content (AvgIpc) is 2.79. The van der Waals surface area contributed by atoms with Crippen LogP contribution in [0.4, 0.5) is 17.2 Å². The molecule has 1 aliphatic rings. The molecule has 0 saturated carbocycles. The Balaban J connectivity index is 1.47. The van der Waals surface area contributed by atoms with E-state index in [2.05, 4.69) is 56.1 Å².